The summed E-state index contributed by atoms with van der Waals surface area (Å²) in [5, 5.41) is 0. The minimum Gasteiger partial charge on any atom is -0.398 e. The summed E-state index contributed by atoms with van der Waals surface area (Å²) in [6.45, 7) is 7.31. The fourth-order valence-electron chi connectivity index (χ4n) is 2.04. The number of nitrogen functional groups attached to an aromatic ring is 1. The van der Waals surface area contributed by atoms with Crippen molar-refractivity contribution in [3.63, 3.8) is 0 Å². The molecule has 106 valence electrons. The van der Waals surface area contributed by atoms with Gasteiger partial charge in [-0.05, 0) is 38.5 Å². The smallest absolute Gasteiger partial charge is 0.161 e. The number of Topliss-reactive ketones (excluding diaryl/α,β-unsaturated/α-hetero) is 1. The van der Waals surface area contributed by atoms with Gasteiger partial charge in [-0.15, -0.1) is 0 Å². The molecule has 4 nitrogen and oxygen atoms in total. The maximum absolute atomic E-state index is 11.6. The van der Waals surface area contributed by atoms with E-state index in [9.17, 15) is 4.79 Å². The highest BCUT2D eigenvalue weighted by Crippen LogP contribution is 2.24. The van der Waals surface area contributed by atoms with E-state index in [0.29, 0.717) is 23.9 Å². The van der Waals surface area contributed by atoms with Gasteiger partial charge >= 0.3 is 0 Å². The fourth-order valence-corrected chi connectivity index (χ4v) is 2.04. The Morgan fingerprint density at radius 2 is 2.16 bits per heavy atom. The molecule has 1 atom stereocenters. The van der Waals surface area contributed by atoms with Gasteiger partial charge in [0, 0.05) is 36.6 Å². The number of nitrogens with two attached hydrogens (primary N) is 1. The highest BCUT2D eigenvalue weighted by Gasteiger charge is 2.15. The quantitative estimate of drug-likeness (QED) is 0.607. The van der Waals surface area contributed by atoms with Crippen molar-refractivity contribution >= 4 is 17.2 Å². The molecule has 1 aromatic carbocycles. The van der Waals surface area contributed by atoms with Crippen LogP contribution in [0.4, 0.5) is 11.4 Å². The number of hydrogen-bond acceptors (Lipinski definition) is 4. The van der Waals surface area contributed by atoms with E-state index in [1.165, 1.54) is 6.92 Å². The van der Waals surface area contributed by atoms with Crippen molar-refractivity contribution in [1.29, 1.82) is 0 Å². The maximum atomic E-state index is 11.6. The molecule has 0 fully saturated rings. The summed E-state index contributed by atoms with van der Waals surface area (Å²) in [5.74, 6) is -0.00445. The van der Waals surface area contributed by atoms with Crippen molar-refractivity contribution in [2.24, 2.45) is 0 Å². The van der Waals surface area contributed by atoms with Crippen LogP contribution in [0.2, 0.25) is 0 Å². The van der Waals surface area contributed by atoms with Crippen molar-refractivity contribution in [3.05, 3.63) is 23.8 Å². The molecule has 0 bridgehead atoms. The van der Waals surface area contributed by atoms with Gasteiger partial charge in [0.25, 0.3) is 0 Å². The molecule has 4 heteroatoms. The average Bonchev–Trinajstić information content (AvgIpc) is 2.40. The lowest BCUT2D eigenvalue weighted by Gasteiger charge is -2.31. The highest BCUT2D eigenvalue weighted by atomic mass is 16.5. The Labute approximate surface area is 115 Å². The standard InChI is InChI=1S/C15H24N2O2/c1-5-11(2)17(8-9-19-4)13-6-7-15(16)14(10-13)12(3)18/h6-7,10-11H,5,8-9,16H2,1-4H3. The summed E-state index contributed by atoms with van der Waals surface area (Å²) in [6, 6.07) is 6.02. The molecule has 0 radical (unpaired) electrons. The number of carbonyl (C=O) groups excluding carboxylic acids is 1. The van der Waals surface area contributed by atoms with Crippen LogP contribution in [0, 0.1) is 0 Å². The first-order valence-corrected chi connectivity index (χ1v) is 6.67. The summed E-state index contributed by atoms with van der Waals surface area (Å²) >= 11 is 0. The summed E-state index contributed by atoms with van der Waals surface area (Å²) in [4.78, 5) is 13.8. The number of methoxy groups -OCH3 is 1. The second-order valence-electron chi connectivity index (χ2n) is 4.77. The fraction of sp³-hybridized carbons (Fsp3) is 0.533. The number of benzene rings is 1. The van der Waals surface area contributed by atoms with E-state index >= 15 is 0 Å². The number of rotatable bonds is 7. The second kappa shape index (κ2) is 7.14. The SMILES string of the molecule is CCC(C)N(CCOC)c1ccc(N)c(C(C)=O)c1. The van der Waals surface area contributed by atoms with Crippen molar-refractivity contribution in [3.8, 4) is 0 Å². The Morgan fingerprint density at radius 1 is 1.47 bits per heavy atom. The van der Waals surface area contributed by atoms with Gasteiger partial charge in [0.15, 0.2) is 5.78 Å². The van der Waals surface area contributed by atoms with Gasteiger partial charge in [0.2, 0.25) is 0 Å². The minimum absolute atomic E-state index is 0.00445. The molecular formula is C15H24N2O2. The molecule has 1 aromatic rings. The van der Waals surface area contributed by atoms with Crippen LogP contribution in [-0.2, 0) is 4.74 Å². The van der Waals surface area contributed by atoms with Gasteiger partial charge in [-0.2, -0.15) is 0 Å². The van der Waals surface area contributed by atoms with E-state index in [4.69, 9.17) is 10.5 Å². The molecule has 0 aliphatic heterocycles. The monoisotopic (exact) mass is 264 g/mol. The van der Waals surface area contributed by atoms with E-state index in [1.54, 1.807) is 13.2 Å². The predicted octanol–water partition coefficient (Wildman–Crippen LogP) is 2.72. The summed E-state index contributed by atoms with van der Waals surface area (Å²) in [6.07, 6.45) is 1.03. The minimum atomic E-state index is -0.00445. The number of anilines is 2. The molecule has 0 saturated heterocycles. The van der Waals surface area contributed by atoms with Crippen LogP contribution in [-0.4, -0.2) is 32.1 Å². The van der Waals surface area contributed by atoms with E-state index in [-0.39, 0.29) is 5.78 Å². The molecule has 0 saturated carbocycles. The molecule has 0 aromatic heterocycles. The van der Waals surface area contributed by atoms with Gasteiger partial charge in [-0.25, -0.2) is 0 Å². The molecule has 1 rings (SSSR count). The van der Waals surface area contributed by atoms with Gasteiger partial charge in [0.05, 0.1) is 6.61 Å². The maximum Gasteiger partial charge on any atom is 0.161 e. The number of ether oxygens (including phenoxy) is 1. The Morgan fingerprint density at radius 3 is 2.68 bits per heavy atom. The lowest BCUT2D eigenvalue weighted by molar-refractivity contribution is 0.101. The molecule has 0 amide bonds. The first-order chi connectivity index (χ1) is 9.01. The number of nitrogens with zero attached hydrogens (tertiary/aromatic N) is 1. The van der Waals surface area contributed by atoms with E-state index < -0.39 is 0 Å². The Balaban J connectivity index is 3.07. The van der Waals surface area contributed by atoms with Gasteiger partial charge in [0.1, 0.15) is 0 Å². The normalized spacial score (nSPS) is 12.2. The van der Waals surface area contributed by atoms with Crippen molar-refractivity contribution in [1.82, 2.24) is 0 Å². The Hall–Kier alpha value is -1.55. The zero-order chi connectivity index (χ0) is 14.4. The summed E-state index contributed by atoms with van der Waals surface area (Å²) in [5.41, 5.74) is 7.98. The van der Waals surface area contributed by atoms with Crippen molar-refractivity contribution < 1.29 is 9.53 Å². The number of ketones is 1. The van der Waals surface area contributed by atoms with E-state index in [0.717, 1.165) is 18.7 Å². The van der Waals surface area contributed by atoms with E-state index in [2.05, 4.69) is 18.7 Å². The third-order valence-corrected chi connectivity index (χ3v) is 3.41. The third-order valence-electron chi connectivity index (χ3n) is 3.41. The van der Waals surface area contributed by atoms with E-state index in [1.807, 2.05) is 12.1 Å². The van der Waals surface area contributed by atoms with Crippen molar-refractivity contribution in [2.45, 2.75) is 33.2 Å². The van der Waals surface area contributed by atoms with Crippen LogP contribution in [0.15, 0.2) is 18.2 Å². The molecule has 19 heavy (non-hydrogen) atoms. The number of carbonyl (C=O) groups is 1. The summed E-state index contributed by atoms with van der Waals surface area (Å²) < 4.78 is 5.16. The molecule has 0 heterocycles. The van der Waals surface area contributed by atoms with Crippen LogP contribution in [0.1, 0.15) is 37.6 Å². The Bertz CT molecular complexity index is 432. The van der Waals surface area contributed by atoms with Crippen LogP contribution >= 0.6 is 0 Å². The number of hydrogen-bond donors (Lipinski definition) is 1. The molecular weight excluding hydrogens is 240 g/mol. The predicted molar refractivity (Wildman–Crippen MR) is 79.8 cm³/mol. The average molecular weight is 264 g/mol. The lowest BCUT2D eigenvalue weighted by Crippen LogP contribution is -2.35. The van der Waals surface area contributed by atoms with Gasteiger partial charge in [-0.3, -0.25) is 4.79 Å². The molecule has 1 unspecified atom stereocenters. The lowest BCUT2D eigenvalue weighted by atomic mass is 10.1. The topological polar surface area (TPSA) is 55.6 Å². The molecule has 0 aliphatic carbocycles. The molecule has 0 aliphatic rings. The molecule has 2 N–H and O–H groups in total. The summed E-state index contributed by atoms with van der Waals surface area (Å²) in [7, 11) is 1.69. The third kappa shape index (κ3) is 3.96. The Kier molecular flexibility index (Phi) is 5.83. The van der Waals surface area contributed by atoms with Gasteiger partial charge in [-0.1, -0.05) is 6.92 Å². The first kappa shape index (κ1) is 15.5. The first-order valence-electron chi connectivity index (χ1n) is 6.67. The van der Waals surface area contributed by atoms with Gasteiger partial charge < -0.3 is 15.4 Å². The zero-order valence-electron chi connectivity index (χ0n) is 12.3. The van der Waals surface area contributed by atoms with Crippen LogP contribution < -0.4 is 10.6 Å². The largest absolute Gasteiger partial charge is 0.398 e. The highest BCUT2D eigenvalue weighted by molar-refractivity contribution is 6.00. The van der Waals surface area contributed by atoms with Crippen LogP contribution in [0.5, 0.6) is 0 Å². The zero-order valence-corrected chi connectivity index (χ0v) is 12.3. The van der Waals surface area contributed by atoms with Crippen molar-refractivity contribution in [2.75, 3.05) is 30.9 Å². The van der Waals surface area contributed by atoms with Crippen LogP contribution in [0.25, 0.3) is 0 Å². The molecule has 0 spiro atoms. The second-order valence-corrected chi connectivity index (χ2v) is 4.77. The van der Waals surface area contributed by atoms with Crippen LogP contribution in [0.3, 0.4) is 0 Å².